The highest BCUT2D eigenvalue weighted by molar-refractivity contribution is 5.55. The second-order valence-corrected chi connectivity index (χ2v) is 4.42. The van der Waals surface area contributed by atoms with Crippen molar-refractivity contribution in [2.45, 2.75) is 26.7 Å². The lowest BCUT2D eigenvalue weighted by Crippen LogP contribution is -2.06. The molecule has 4 heteroatoms. The molecule has 1 unspecified atom stereocenters. The quantitative estimate of drug-likeness (QED) is 0.878. The van der Waals surface area contributed by atoms with Crippen LogP contribution in [0.3, 0.4) is 0 Å². The monoisotopic (exact) mass is 229 g/mol. The molecule has 0 spiro atoms. The lowest BCUT2D eigenvalue weighted by atomic mass is 9.97. The highest BCUT2D eigenvalue weighted by Crippen LogP contribution is 2.27. The van der Waals surface area contributed by atoms with E-state index in [1.54, 1.807) is 6.26 Å². The molecule has 0 aliphatic rings. The number of rotatable bonds is 3. The number of nitrogens with one attached hydrogen (secondary N) is 1. The average Bonchev–Trinajstić information content (AvgIpc) is 2.87. The molecule has 0 saturated carbocycles. The molecule has 1 N–H and O–H groups in total. The van der Waals surface area contributed by atoms with E-state index in [9.17, 15) is 0 Å². The molecule has 0 aromatic carbocycles. The predicted octanol–water partition coefficient (Wildman–Crippen LogP) is 3.24. The third kappa shape index (κ3) is 2.09. The van der Waals surface area contributed by atoms with E-state index in [1.165, 1.54) is 0 Å². The van der Waals surface area contributed by atoms with Crippen molar-refractivity contribution in [2.75, 3.05) is 0 Å². The molecule has 0 fully saturated rings. The summed E-state index contributed by atoms with van der Waals surface area (Å²) in [6, 6.07) is 5.97. The zero-order valence-corrected chi connectivity index (χ0v) is 10.2. The van der Waals surface area contributed by atoms with Crippen LogP contribution in [0.4, 0.5) is 0 Å². The summed E-state index contributed by atoms with van der Waals surface area (Å²) in [7, 11) is 0. The zero-order valence-electron chi connectivity index (χ0n) is 10.2. The van der Waals surface area contributed by atoms with Gasteiger partial charge >= 0.3 is 0 Å². The van der Waals surface area contributed by atoms with Gasteiger partial charge in [0.1, 0.15) is 17.4 Å². The Bertz CT molecular complexity index is 532. The van der Waals surface area contributed by atoms with E-state index in [2.05, 4.69) is 16.0 Å². The molecule has 88 valence electrons. The molecule has 0 aliphatic heterocycles. The third-order valence-electron chi connectivity index (χ3n) is 2.76. The molecule has 0 bridgehead atoms. The standard InChI is InChI=1S/C13H15N3O/c1-8(2)10(7-14)13-15-9(3)12(16-13)11-5-4-6-17-11/h4-6,8,10H,1-3H3,(H,15,16). The first-order valence-corrected chi connectivity index (χ1v) is 5.63. The van der Waals surface area contributed by atoms with Crippen LogP contribution in [0.25, 0.3) is 11.5 Å². The Morgan fingerprint density at radius 1 is 1.47 bits per heavy atom. The highest BCUT2D eigenvalue weighted by Gasteiger charge is 2.21. The Balaban J connectivity index is 2.41. The summed E-state index contributed by atoms with van der Waals surface area (Å²) in [4.78, 5) is 7.64. The fourth-order valence-electron chi connectivity index (χ4n) is 1.81. The number of furan rings is 1. The Kier molecular flexibility index (Phi) is 3.01. The van der Waals surface area contributed by atoms with Gasteiger partial charge in [-0.25, -0.2) is 4.98 Å². The van der Waals surface area contributed by atoms with Gasteiger partial charge in [0.05, 0.1) is 12.3 Å². The molecule has 4 nitrogen and oxygen atoms in total. The van der Waals surface area contributed by atoms with Crippen LogP contribution in [-0.4, -0.2) is 9.97 Å². The number of H-pyrrole nitrogens is 1. The fraction of sp³-hybridized carbons (Fsp3) is 0.385. The topological polar surface area (TPSA) is 65.6 Å². The van der Waals surface area contributed by atoms with E-state index in [4.69, 9.17) is 9.68 Å². The summed E-state index contributed by atoms with van der Waals surface area (Å²) in [5.41, 5.74) is 1.71. The van der Waals surface area contributed by atoms with E-state index < -0.39 is 0 Å². The van der Waals surface area contributed by atoms with E-state index in [0.717, 1.165) is 17.1 Å². The zero-order chi connectivity index (χ0) is 12.4. The molecule has 0 aliphatic carbocycles. The van der Waals surface area contributed by atoms with E-state index in [1.807, 2.05) is 32.9 Å². The molecule has 1 atom stereocenters. The maximum absolute atomic E-state index is 9.15. The van der Waals surface area contributed by atoms with Crippen molar-refractivity contribution in [2.24, 2.45) is 5.92 Å². The van der Waals surface area contributed by atoms with Gasteiger partial charge < -0.3 is 9.40 Å². The largest absolute Gasteiger partial charge is 0.463 e. The number of nitrogens with zero attached hydrogens (tertiary/aromatic N) is 2. The Morgan fingerprint density at radius 3 is 2.76 bits per heavy atom. The van der Waals surface area contributed by atoms with Crippen molar-refractivity contribution < 1.29 is 4.42 Å². The number of aromatic nitrogens is 2. The maximum atomic E-state index is 9.15. The lowest BCUT2D eigenvalue weighted by molar-refractivity contribution is 0.563. The molecule has 17 heavy (non-hydrogen) atoms. The van der Waals surface area contributed by atoms with Crippen LogP contribution in [0.1, 0.15) is 31.3 Å². The van der Waals surface area contributed by atoms with Crippen molar-refractivity contribution in [1.82, 2.24) is 9.97 Å². The third-order valence-corrected chi connectivity index (χ3v) is 2.76. The minimum absolute atomic E-state index is 0.211. The normalized spacial score (nSPS) is 12.6. The predicted molar refractivity (Wildman–Crippen MR) is 64.2 cm³/mol. The molecular weight excluding hydrogens is 214 g/mol. The first-order chi connectivity index (χ1) is 8.13. The summed E-state index contributed by atoms with van der Waals surface area (Å²) in [5.74, 6) is 1.46. The van der Waals surface area contributed by atoms with Crippen molar-refractivity contribution >= 4 is 0 Å². The van der Waals surface area contributed by atoms with Gasteiger partial charge in [0, 0.05) is 5.69 Å². The van der Waals surface area contributed by atoms with Crippen LogP contribution in [0, 0.1) is 24.2 Å². The molecule has 2 rings (SSSR count). The molecule has 0 saturated heterocycles. The van der Waals surface area contributed by atoms with Crippen LogP contribution < -0.4 is 0 Å². The summed E-state index contributed by atoms with van der Waals surface area (Å²) in [6.45, 7) is 5.96. The molecule has 0 radical (unpaired) electrons. The van der Waals surface area contributed by atoms with E-state index >= 15 is 0 Å². The van der Waals surface area contributed by atoms with Gasteiger partial charge in [-0.2, -0.15) is 5.26 Å². The van der Waals surface area contributed by atoms with Crippen LogP contribution in [-0.2, 0) is 0 Å². The van der Waals surface area contributed by atoms with Gasteiger partial charge in [-0.15, -0.1) is 0 Å². The smallest absolute Gasteiger partial charge is 0.154 e. The van der Waals surface area contributed by atoms with Crippen molar-refractivity contribution in [1.29, 1.82) is 5.26 Å². The average molecular weight is 229 g/mol. The SMILES string of the molecule is Cc1[nH]c(C(C#N)C(C)C)nc1-c1ccco1. The van der Waals surface area contributed by atoms with E-state index in [0.29, 0.717) is 5.82 Å². The molecule has 0 amide bonds. The Hall–Kier alpha value is -2.02. The van der Waals surface area contributed by atoms with Crippen molar-refractivity contribution in [3.8, 4) is 17.5 Å². The molecule has 2 heterocycles. The van der Waals surface area contributed by atoms with Crippen molar-refractivity contribution in [3.05, 3.63) is 29.9 Å². The molecule has 2 aromatic rings. The first kappa shape index (κ1) is 11.5. The van der Waals surface area contributed by atoms with Gasteiger partial charge in [-0.05, 0) is 25.0 Å². The van der Waals surface area contributed by atoms with Gasteiger partial charge in [0.25, 0.3) is 0 Å². The van der Waals surface area contributed by atoms with Crippen LogP contribution in [0.2, 0.25) is 0 Å². The first-order valence-electron chi connectivity index (χ1n) is 5.63. The maximum Gasteiger partial charge on any atom is 0.154 e. The van der Waals surface area contributed by atoms with Crippen LogP contribution >= 0.6 is 0 Å². The Labute approximate surface area is 100 Å². The van der Waals surface area contributed by atoms with E-state index in [-0.39, 0.29) is 11.8 Å². The van der Waals surface area contributed by atoms with Crippen molar-refractivity contribution in [3.63, 3.8) is 0 Å². The second kappa shape index (κ2) is 4.46. The summed E-state index contributed by atoms with van der Waals surface area (Å²) in [5, 5.41) is 9.15. The fourth-order valence-corrected chi connectivity index (χ4v) is 1.81. The van der Waals surface area contributed by atoms with Crippen LogP contribution in [0.15, 0.2) is 22.8 Å². The second-order valence-electron chi connectivity index (χ2n) is 4.42. The summed E-state index contributed by atoms with van der Waals surface area (Å²) >= 11 is 0. The lowest BCUT2D eigenvalue weighted by Gasteiger charge is -2.08. The van der Waals surface area contributed by atoms with Gasteiger partial charge in [0.2, 0.25) is 0 Å². The van der Waals surface area contributed by atoms with Gasteiger partial charge in [-0.3, -0.25) is 0 Å². The minimum atomic E-state index is -0.211. The number of hydrogen-bond acceptors (Lipinski definition) is 3. The number of nitriles is 1. The summed E-state index contributed by atoms with van der Waals surface area (Å²) in [6.07, 6.45) is 1.62. The van der Waals surface area contributed by atoms with Crippen LogP contribution in [0.5, 0.6) is 0 Å². The Morgan fingerprint density at radius 2 is 2.24 bits per heavy atom. The van der Waals surface area contributed by atoms with Gasteiger partial charge in [0.15, 0.2) is 5.76 Å². The number of imidazole rings is 1. The number of aromatic amines is 1. The molecule has 2 aromatic heterocycles. The number of aryl methyl sites for hydroxylation is 1. The number of hydrogen-bond donors (Lipinski definition) is 1. The molecular formula is C13H15N3O. The highest BCUT2D eigenvalue weighted by atomic mass is 16.3. The van der Waals surface area contributed by atoms with Gasteiger partial charge in [-0.1, -0.05) is 13.8 Å². The minimum Gasteiger partial charge on any atom is -0.463 e. The summed E-state index contributed by atoms with van der Waals surface area (Å²) < 4.78 is 5.32.